The molecule has 0 saturated carbocycles. The summed E-state index contributed by atoms with van der Waals surface area (Å²) in [4.78, 5) is 9.96. The zero-order valence-electron chi connectivity index (χ0n) is 33.3. The number of amidine groups is 2. The first-order valence-corrected chi connectivity index (χ1v) is 20.7. The van der Waals surface area contributed by atoms with Crippen LogP contribution in [0.4, 0.5) is 0 Å². The highest BCUT2D eigenvalue weighted by Crippen LogP contribution is 2.44. The van der Waals surface area contributed by atoms with Gasteiger partial charge in [0, 0.05) is 44.4 Å². The van der Waals surface area contributed by atoms with Crippen LogP contribution in [-0.4, -0.2) is 17.9 Å². The summed E-state index contributed by atoms with van der Waals surface area (Å²) in [5.41, 5.74) is 9.86. The van der Waals surface area contributed by atoms with Crippen LogP contribution in [0, 0.1) is 5.41 Å². The topological polar surface area (TPSA) is 74.8 Å². The van der Waals surface area contributed by atoms with Gasteiger partial charge in [-0.1, -0.05) is 158 Å². The monoisotopic (exact) mass is 793 g/mol. The van der Waals surface area contributed by atoms with Crippen molar-refractivity contribution in [3.05, 3.63) is 217 Å². The molecule has 0 radical (unpaired) electrons. The van der Waals surface area contributed by atoms with Crippen molar-refractivity contribution in [2.75, 3.05) is 0 Å². The number of rotatable bonds is 5. The lowest BCUT2D eigenvalue weighted by atomic mass is 9.90. The van der Waals surface area contributed by atoms with E-state index in [0.717, 1.165) is 115 Å². The van der Waals surface area contributed by atoms with Crippen molar-refractivity contribution in [3.8, 4) is 22.3 Å². The van der Waals surface area contributed by atoms with Gasteiger partial charge in [0.15, 0.2) is 11.7 Å². The van der Waals surface area contributed by atoms with Gasteiger partial charge in [0.25, 0.3) is 0 Å². The maximum atomic E-state index is 9.25. The van der Waals surface area contributed by atoms with E-state index in [1.165, 1.54) is 0 Å². The second-order valence-corrected chi connectivity index (χ2v) is 15.7. The largest absolute Gasteiger partial charge is 0.456 e. The molecule has 0 bridgehead atoms. The summed E-state index contributed by atoms with van der Waals surface area (Å²) in [6.07, 6.45) is 1.87. The third kappa shape index (κ3) is 5.98. The molecule has 5 heteroatoms. The average molecular weight is 794 g/mol. The van der Waals surface area contributed by atoms with Gasteiger partial charge in [-0.2, -0.15) is 0 Å². The third-order valence-electron chi connectivity index (χ3n) is 12.0. The molecule has 0 unspecified atom stereocenters. The van der Waals surface area contributed by atoms with Crippen molar-refractivity contribution < 1.29 is 8.83 Å². The Bertz CT molecular complexity index is 3830. The average Bonchev–Trinajstić information content (AvgIpc) is 3.91. The molecule has 290 valence electrons. The van der Waals surface area contributed by atoms with Gasteiger partial charge in [0.05, 0.1) is 0 Å². The number of nitrogens with one attached hydrogen (secondary N) is 1. The van der Waals surface area contributed by atoms with Gasteiger partial charge in [-0.05, 0) is 97.0 Å². The van der Waals surface area contributed by atoms with Crippen molar-refractivity contribution >= 4 is 94.1 Å². The van der Waals surface area contributed by atoms with Crippen LogP contribution in [0.1, 0.15) is 16.7 Å². The number of benzene rings is 10. The lowest BCUT2D eigenvalue weighted by molar-refractivity contribution is 0.668. The number of fused-ring (bicyclic) bond motifs is 10. The third-order valence-corrected chi connectivity index (χ3v) is 12.0. The SMILES string of the molecule is N=C(/N=C(\N=C\c1cc(-c2cc(-c3cccc4c3oc3ccccc34)cc3oc4ccccc4c23)c2ccccc2c1)c1ccccc1)c1ccc2ccc3ccccc3c2c1. The molecular weight excluding hydrogens is 759 g/mol. The Labute approximate surface area is 356 Å². The Morgan fingerprint density at radius 1 is 0.419 bits per heavy atom. The van der Waals surface area contributed by atoms with Gasteiger partial charge < -0.3 is 8.83 Å². The molecule has 0 fully saturated rings. The van der Waals surface area contributed by atoms with E-state index in [9.17, 15) is 5.41 Å². The van der Waals surface area contributed by atoms with E-state index in [2.05, 4.69) is 133 Å². The second-order valence-electron chi connectivity index (χ2n) is 15.7. The highest BCUT2D eigenvalue weighted by atomic mass is 16.3. The Morgan fingerprint density at radius 3 is 1.92 bits per heavy atom. The smallest absolute Gasteiger partial charge is 0.161 e. The molecule has 12 rings (SSSR count). The lowest BCUT2D eigenvalue weighted by Gasteiger charge is -2.13. The van der Waals surface area contributed by atoms with Crippen LogP contribution in [0.15, 0.2) is 219 Å². The molecule has 1 N–H and O–H groups in total. The summed E-state index contributed by atoms with van der Waals surface area (Å²) in [7, 11) is 0. The van der Waals surface area contributed by atoms with Gasteiger partial charge in [-0.15, -0.1) is 0 Å². The Balaban J connectivity index is 1.02. The molecule has 2 aromatic heterocycles. The summed E-state index contributed by atoms with van der Waals surface area (Å²) in [6, 6.07) is 68.6. The minimum absolute atomic E-state index is 0.139. The van der Waals surface area contributed by atoms with Crippen molar-refractivity contribution in [1.82, 2.24) is 0 Å². The Kier molecular flexibility index (Phi) is 8.25. The predicted octanol–water partition coefficient (Wildman–Crippen LogP) is 15.2. The fraction of sp³-hybridized carbons (Fsp3) is 0. The summed E-state index contributed by atoms with van der Waals surface area (Å²) in [6.45, 7) is 0. The van der Waals surface area contributed by atoms with E-state index in [1.54, 1.807) is 0 Å². The van der Waals surface area contributed by atoms with Crippen LogP contribution >= 0.6 is 0 Å². The summed E-state index contributed by atoms with van der Waals surface area (Å²) in [5, 5.41) is 20.2. The van der Waals surface area contributed by atoms with Crippen LogP contribution in [0.25, 0.3) is 98.4 Å². The predicted molar refractivity (Wildman–Crippen MR) is 258 cm³/mol. The van der Waals surface area contributed by atoms with Crippen LogP contribution in [0.2, 0.25) is 0 Å². The number of para-hydroxylation sites is 3. The van der Waals surface area contributed by atoms with Crippen molar-refractivity contribution in [2.45, 2.75) is 0 Å². The molecule has 10 aromatic carbocycles. The van der Waals surface area contributed by atoms with E-state index < -0.39 is 0 Å². The number of furan rings is 2. The van der Waals surface area contributed by atoms with Crippen LogP contribution in [0.5, 0.6) is 0 Å². The molecule has 0 atom stereocenters. The van der Waals surface area contributed by atoms with Gasteiger partial charge in [-0.25, -0.2) is 9.98 Å². The molecular formula is C57H35N3O2. The van der Waals surface area contributed by atoms with E-state index >= 15 is 0 Å². The second kappa shape index (κ2) is 14.4. The van der Waals surface area contributed by atoms with Crippen LogP contribution < -0.4 is 0 Å². The molecule has 0 aliphatic carbocycles. The van der Waals surface area contributed by atoms with Gasteiger partial charge >= 0.3 is 0 Å². The number of nitrogens with zero attached hydrogens (tertiary/aromatic N) is 2. The van der Waals surface area contributed by atoms with E-state index in [1.807, 2.05) is 72.9 Å². The summed E-state index contributed by atoms with van der Waals surface area (Å²) < 4.78 is 13.2. The van der Waals surface area contributed by atoms with Crippen molar-refractivity contribution in [3.63, 3.8) is 0 Å². The minimum atomic E-state index is 0.139. The zero-order chi connectivity index (χ0) is 41.1. The molecule has 62 heavy (non-hydrogen) atoms. The molecule has 0 amide bonds. The van der Waals surface area contributed by atoms with Gasteiger partial charge in [0.2, 0.25) is 0 Å². The quantitative estimate of drug-likeness (QED) is 0.107. The summed E-state index contributed by atoms with van der Waals surface area (Å²) in [5.74, 6) is 0.591. The van der Waals surface area contributed by atoms with E-state index in [-0.39, 0.29) is 5.84 Å². The lowest BCUT2D eigenvalue weighted by Crippen LogP contribution is -2.04. The van der Waals surface area contributed by atoms with Crippen molar-refractivity contribution in [1.29, 1.82) is 5.41 Å². The maximum absolute atomic E-state index is 9.25. The molecule has 2 heterocycles. The fourth-order valence-corrected chi connectivity index (χ4v) is 9.04. The number of aliphatic imine (C=N–C) groups is 2. The fourth-order valence-electron chi connectivity index (χ4n) is 9.04. The highest BCUT2D eigenvalue weighted by molar-refractivity contribution is 6.19. The maximum Gasteiger partial charge on any atom is 0.161 e. The van der Waals surface area contributed by atoms with Crippen molar-refractivity contribution in [2.24, 2.45) is 9.98 Å². The number of hydrogen-bond donors (Lipinski definition) is 1. The first kappa shape index (κ1) is 35.5. The molecule has 5 nitrogen and oxygen atoms in total. The highest BCUT2D eigenvalue weighted by Gasteiger charge is 2.20. The van der Waals surface area contributed by atoms with Crippen LogP contribution in [0.3, 0.4) is 0 Å². The van der Waals surface area contributed by atoms with E-state index in [4.69, 9.17) is 18.8 Å². The first-order chi connectivity index (χ1) is 30.6. The summed E-state index contributed by atoms with van der Waals surface area (Å²) >= 11 is 0. The molecule has 0 aliphatic heterocycles. The number of hydrogen-bond acceptors (Lipinski definition) is 3. The molecule has 0 spiro atoms. The molecule has 0 aliphatic rings. The molecule has 12 aromatic rings. The Morgan fingerprint density at radius 2 is 1.08 bits per heavy atom. The Hall–Kier alpha value is -8.41. The van der Waals surface area contributed by atoms with Gasteiger partial charge in [-0.3, -0.25) is 5.41 Å². The van der Waals surface area contributed by atoms with Gasteiger partial charge in [0.1, 0.15) is 22.3 Å². The normalized spacial score (nSPS) is 12.3. The first-order valence-electron chi connectivity index (χ1n) is 20.7. The van der Waals surface area contributed by atoms with Crippen LogP contribution in [-0.2, 0) is 0 Å². The zero-order valence-corrected chi connectivity index (χ0v) is 33.3. The minimum Gasteiger partial charge on any atom is -0.456 e. The van der Waals surface area contributed by atoms with E-state index in [0.29, 0.717) is 5.84 Å². The molecule has 0 saturated heterocycles. The standard InChI is InChI=1S/C57H35N3O2/c58-56(40-28-27-37-26-25-36-13-4-6-17-42(36)48(37)31-40)60-57(38-14-2-1-3-15-38)59-34-35-29-39-16-5-7-18-43(39)49(30-35)50-32-41(33-53-54(50)47-20-9-11-24-52(47)61-53)44-21-12-22-46-45-19-8-10-23-51(45)62-55(44)46/h1-34,58H/b58-56?,59-34+,60-57-.